The molecule has 7 heteroatoms. The predicted molar refractivity (Wildman–Crippen MR) is 208 cm³/mol. The second-order valence-corrected chi connectivity index (χ2v) is 13.9. The number of hydrogen-bond donors (Lipinski definition) is 1. The Balaban J connectivity index is 1.11. The first-order chi connectivity index (χ1) is 26.0. The van der Waals surface area contributed by atoms with Crippen LogP contribution in [0.1, 0.15) is 58.1 Å². The van der Waals surface area contributed by atoms with Crippen LogP contribution in [-0.2, 0) is 16.2 Å². The number of nitrogens with one attached hydrogen (secondary N) is 1. The SMILES string of the molecule is O=C1NC(=O)N(c2cc3c4c(c2)[C@H](c2ccccc2)CCN4CC[C@H]3c2ccccc2)C(=O)/C1=C/c1ccccc1OCc1cccc2ccccc12. The van der Waals surface area contributed by atoms with Crippen LogP contribution in [0.2, 0.25) is 0 Å². The van der Waals surface area contributed by atoms with Gasteiger partial charge in [-0.1, -0.05) is 121 Å². The lowest BCUT2D eigenvalue weighted by atomic mass is 9.76. The van der Waals surface area contributed by atoms with Gasteiger partial charge >= 0.3 is 6.03 Å². The molecule has 3 aliphatic heterocycles. The Morgan fingerprint density at radius 2 is 1.28 bits per heavy atom. The summed E-state index contributed by atoms with van der Waals surface area (Å²) in [5.41, 5.74) is 7.64. The van der Waals surface area contributed by atoms with Crippen molar-refractivity contribution in [2.24, 2.45) is 0 Å². The summed E-state index contributed by atoms with van der Waals surface area (Å²) in [5.74, 6) is -0.727. The highest BCUT2D eigenvalue weighted by molar-refractivity contribution is 6.39. The summed E-state index contributed by atoms with van der Waals surface area (Å²) in [6.45, 7) is 2.15. The minimum atomic E-state index is -0.763. The number of urea groups is 1. The third-order valence-electron chi connectivity index (χ3n) is 10.8. The van der Waals surface area contributed by atoms with E-state index in [1.165, 1.54) is 22.9 Å². The normalized spacial score (nSPS) is 18.9. The molecule has 1 N–H and O–H groups in total. The Kier molecular flexibility index (Phi) is 8.31. The number of imide groups is 2. The summed E-state index contributed by atoms with van der Waals surface area (Å²) in [7, 11) is 0. The van der Waals surface area contributed by atoms with Gasteiger partial charge in [-0.05, 0) is 75.7 Å². The molecule has 53 heavy (non-hydrogen) atoms. The van der Waals surface area contributed by atoms with E-state index in [9.17, 15) is 14.4 Å². The molecule has 0 radical (unpaired) electrons. The fraction of sp³-hybridized carbons (Fsp3) is 0.152. The number of para-hydroxylation sites is 1. The molecule has 0 spiro atoms. The highest BCUT2D eigenvalue weighted by Crippen LogP contribution is 2.50. The van der Waals surface area contributed by atoms with Crippen LogP contribution in [0, 0.1) is 0 Å². The molecule has 0 unspecified atom stereocenters. The summed E-state index contributed by atoms with van der Waals surface area (Å²) in [5, 5.41) is 4.67. The van der Waals surface area contributed by atoms with Crippen molar-refractivity contribution in [3.8, 4) is 5.75 Å². The van der Waals surface area contributed by atoms with E-state index in [0.29, 0.717) is 23.6 Å². The second kappa shape index (κ2) is 13.6. The molecule has 260 valence electrons. The van der Waals surface area contributed by atoms with Crippen LogP contribution >= 0.6 is 0 Å². The first-order valence-corrected chi connectivity index (χ1v) is 18.2. The van der Waals surface area contributed by atoms with Crippen molar-refractivity contribution in [2.45, 2.75) is 31.3 Å². The van der Waals surface area contributed by atoms with E-state index in [-0.39, 0.29) is 17.4 Å². The van der Waals surface area contributed by atoms with E-state index in [1.807, 2.05) is 66.7 Å². The van der Waals surface area contributed by atoms with E-state index in [0.717, 1.165) is 58.3 Å². The number of nitrogens with zero attached hydrogens (tertiary/aromatic N) is 2. The fourth-order valence-corrected chi connectivity index (χ4v) is 8.32. The van der Waals surface area contributed by atoms with Gasteiger partial charge in [0.2, 0.25) is 0 Å². The molecule has 2 atom stereocenters. The lowest BCUT2D eigenvalue weighted by Crippen LogP contribution is -2.54. The number of benzene rings is 6. The van der Waals surface area contributed by atoms with Crippen LogP contribution in [0.25, 0.3) is 16.8 Å². The lowest BCUT2D eigenvalue weighted by Gasteiger charge is -2.44. The van der Waals surface area contributed by atoms with Crippen LogP contribution in [-0.4, -0.2) is 30.9 Å². The molecular weight excluding hydrogens is 659 g/mol. The Morgan fingerprint density at radius 1 is 0.679 bits per heavy atom. The van der Waals surface area contributed by atoms with Crippen LogP contribution in [0.3, 0.4) is 0 Å². The minimum Gasteiger partial charge on any atom is -0.488 e. The molecule has 0 saturated carbocycles. The van der Waals surface area contributed by atoms with E-state index < -0.39 is 17.8 Å². The van der Waals surface area contributed by atoms with E-state index >= 15 is 0 Å². The quantitative estimate of drug-likeness (QED) is 0.133. The van der Waals surface area contributed by atoms with E-state index in [1.54, 1.807) is 6.07 Å². The van der Waals surface area contributed by atoms with Gasteiger partial charge in [-0.25, -0.2) is 9.69 Å². The third kappa shape index (κ3) is 5.94. The van der Waals surface area contributed by atoms with Gasteiger partial charge in [-0.3, -0.25) is 14.9 Å². The van der Waals surface area contributed by atoms with Crippen molar-refractivity contribution in [1.29, 1.82) is 0 Å². The topological polar surface area (TPSA) is 79.0 Å². The number of rotatable bonds is 7. The maximum atomic E-state index is 14.5. The Labute approximate surface area is 308 Å². The first-order valence-electron chi connectivity index (χ1n) is 18.2. The molecule has 0 aliphatic carbocycles. The largest absolute Gasteiger partial charge is 0.488 e. The van der Waals surface area contributed by atoms with Gasteiger partial charge in [0.25, 0.3) is 11.8 Å². The highest BCUT2D eigenvalue weighted by Gasteiger charge is 2.40. The van der Waals surface area contributed by atoms with Gasteiger partial charge in [0.05, 0.1) is 5.69 Å². The molecular formula is C46H37N3O4. The third-order valence-corrected chi connectivity index (χ3v) is 10.8. The summed E-state index contributed by atoms with van der Waals surface area (Å²) < 4.78 is 6.32. The molecule has 7 nitrogen and oxygen atoms in total. The number of ether oxygens (including phenoxy) is 1. The average molecular weight is 696 g/mol. The van der Waals surface area contributed by atoms with Crippen LogP contribution in [0.4, 0.5) is 16.2 Å². The van der Waals surface area contributed by atoms with Crippen LogP contribution < -0.4 is 19.9 Å². The summed E-state index contributed by atoms with van der Waals surface area (Å²) >= 11 is 0. The summed E-state index contributed by atoms with van der Waals surface area (Å²) in [4.78, 5) is 45.2. The minimum absolute atomic E-state index is 0.0843. The van der Waals surface area contributed by atoms with Gasteiger partial charge in [-0.2, -0.15) is 0 Å². The van der Waals surface area contributed by atoms with Crippen molar-refractivity contribution in [3.63, 3.8) is 0 Å². The van der Waals surface area contributed by atoms with E-state index in [2.05, 4.69) is 76.9 Å². The molecule has 3 aliphatic rings. The van der Waals surface area contributed by atoms with Crippen molar-refractivity contribution in [2.75, 3.05) is 22.9 Å². The van der Waals surface area contributed by atoms with Gasteiger partial charge in [-0.15, -0.1) is 0 Å². The Morgan fingerprint density at radius 3 is 1.98 bits per heavy atom. The molecule has 9 rings (SSSR count). The van der Waals surface area contributed by atoms with Gasteiger partial charge in [0, 0.05) is 36.2 Å². The Bertz CT molecular complexity index is 2350. The summed E-state index contributed by atoms with van der Waals surface area (Å²) in [6.07, 6.45) is 3.35. The molecule has 0 aromatic heterocycles. The number of hydrogen-bond acceptors (Lipinski definition) is 5. The molecule has 6 aromatic carbocycles. The smallest absolute Gasteiger partial charge is 0.335 e. The predicted octanol–water partition coefficient (Wildman–Crippen LogP) is 8.96. The number of barbiturate groups is 1. The summed E-state index contributed by atoms with van der Waals surface area (Å²) in [6, 6.07) is 45.6. The number of amides is 4. The van der Waals surface area contributed by atoms with Crippen molar-refractivity contribution >= 4 is 46.1 Å². The number of carbonyl (C=O) groups is 3. The van der Waals surface area contributed by atoms with Gasteiger partial charge in [0.1, 0.15) is 17.9 Å². The molecule has 1 saturated heterocycles. The van der Waals surface area contributed by atoms with Crippen molar-refractivity contribution in [3.05, 3.63) is 178 Å². The molecule has 1 fully saturated rings. The highest BCUT2D eigenvalue weighted by atomic mass is 16.5. The van der Waals surface area contributed by atoms with Crippen molar-refractivity contribution in [1.82, 2.24) is 5.32 Å². The van der Waals surface area contributed by atoms with Crippen molar-refractivity contribution < 1.29 is 19.1 Å². The van der Waals surface area contributed by atoms with E-state index in [4.69, 9.17) is 4.74 Å². The maximum Gasteiger partial charge on any atom is 0.335 e. The molecule has 3 heterocycles. The zero-order chi connectivity index (χ0) is 35.9. The lowest BCUT2D eigenvalue weighted by molar-refractivity contribution is -0.122. The average Bonchev–Trinajstić information content (AvgIpc) is 3.20. The monoisotopic (exact) mass is 695 g/mol. The second-order valence-electron chi connectivity index (χ2n) is 13.9. The standard InChI is InChI=1S/C46H37N3O4/c50-44-41(26-33-17-8-10-21-42(33)53-29-34-19-11-18-30-16-7-9-20-36(30)34)45(51)49(46(52)47-44)35-27-39-37(31-12-3-1-4-13-31)22-24-48-25-23-38(40(28-35)43(39)48)32-14-5-2-6-15-32/h1-21,26-28,37-38H,22-25,29H2,(H,47,50,52)/b41-26+/t37-,38-/m0/s1. The number of anilines is 2. The first kappa shape index (κ1) is 32.4. The van der Waals surface area contributed by atoms with Crippen LogP contribution in [0.15, 0.2) is 145 Å². The molecule has 6 aromatic rings. The van der Waals surface area contributed by atoms with Gasteiger partial charge < -0.3 is 9.64 Å². The zero-order valence-electron chi connectivity index (χ0n) is 29.1. The molecule has 0 bridgehead atoms. The molecule has 4 amide bonds. The zero-order valence-corrected chi connectivity index (χ0v) is 29.1. The number of carbonyl (C=O) groups excluding carboxylic acids is 3. The maximum absolute atomic E-state index is 14.5. The fourth-order valence-electron chi connectivity index (χ4n) is 8.32. The van der Waals surface area contributed by atoms with Crippen LogP contribution in [0.5, 0.6) is 5.75 Å². The number of fused-ring (bicyclic) bond motifs is 1. The van der Waals surface area contributed by atoms with Gasteiger partial charge in [0.15, 0.2) is 0 Å². The Hall–Kier alpha value is -6.47.